The van der Waals surface area contributed by atoms with E-state index in [-0.39, 0.29) is 5.56 Å². The van der Waals surface area contributed by atoms with E-state index in [2.05, 4.69) is 20.9 Å². The molecule has 1 aromatic heterocycles. The summed E-state index contributed by atoms with van der Waals surface area (Å²) in [5.41, 5.74) is 1.53. The Morgan fingerprint density at radius 1 is 1.32 bits per heavy atom. The number of carboxylic acid groups (broad SMARTS) is 1. The van der Waals surface area contributed by atoms with Crippen molar-refractivity contribution in [2.45, 2.75) is 13.3 Å². The summed E-state index contributed by atoms with van der Waals surface area (Å²) in [6.07, 6.45) is 0.641. The van der Waals surface area contributed by atoms with E-state index in [1.165, 1.54) is 6.07 Å². The number of aromatic carboxylic acids is 1. The number of carbonyl (C=O) groups is 1. The highest BCUT2D eigenvalue weighted by Crippen LogP contribution is 2.23. The fourth-order valence-corrected chi connectivity index (χ4v) is 2.15. The van der Waals surface area contributed by atoms with Crippen molar-refractivity contribution in [1.82, 2.24) is 4.98 Å². The van der Waals surface area contributed by atoms with Crippen molar-refractivity contribution in [3.8, 4) is 11.3 Å². The zero-order valence-electron chi connectivity index (χ0n) is 10.2. The van der Waals surface area contributed by atoms with Crippen LogP contribution in [0.4, 0.5) is 0 Å². The van der Waals surface area contributed by atoms with Crippen LogP contribution >= 0.6 is 15.9 Å². The van der Waals surface area contributed by atoms with E-state index in [1.54, 1.807) is 0 Å². The molecule has 1 aromatic carbocycles. The SMILES string of the molecule is CCc1cc(C(=O)O)c(=O)[nH]c1-c1ccc(Br)cc1. The molecule has 0 saturated heterocycles. The minimum atomic E-state index is -1.21. The molecule has 2 N–H and O–H groups in total. The summed E-state index contributed by atoms with van der Waals surface area (Å²) in [7, 11) is 0. The quantitative estimate of drug-likeness (QED) is 0.912. The van der Waals surface area contributed by atoms with Gasteiger partial charge < -0.3 is 10.1 Å². The van der Waals surface area contributed by atoms with Crippen LogP contribution in [0.3, 0.4) is 0 Å². The molecule has 0 unspecified atom stereocenters. The Bertz CT molecular complexity index is 674. The number of aryl methyl sites for hydroxylation is 1. The van der Waals surface area contributed by atoms with Crippen LogP contribution in [0.2, 0.25) is 0 Å². The number of carboxylic acids is 1. The van der Waals surface area contributed by atoms with E-state index >= 15 is 0 Å². The van der Waals surface area contributed by atoms with Crippen LogP contribution < -0.4 is 5.56 Å². The summed E-state index contributed by atoms with van der Waals surface area (Å²) in [5.74, 6) is -1.21. The summed E-state index contributed by atoms with van der Waals surface area (Å²) >= 11 is 3.35. The molecule has 5 heteroatoms. The van der Waals surface area contributed by atoms with Crippen molar-refractivity contribution in [2.24, 2.45) is 0 Å². The minimum absolute atomic E-state index is 0.224. The zero-order valence-corrected chi connectivity index (χ0v) is 11.8. The number of rotatable bonds is 3. The highest BCUT2D eigenvalue weighted by Gasteiger charge is 2.13. The van der Waals surface area contributed by atoms with Gasteiger partial charge in [-0.25, -0.2) is 4.79 Å². The smallest absolute Gasteiger partial charge is 0.341 e. The molecule has 98 valence electrons. The molecule has 0 saturated carbocycles. The first kappa shape index (κ1) is 13.5. The Morgan fingerprint density at radius 2 is 1.95 bits per heavy atom. The minimum Gasteiger partial charge on any atom is -0.477 e. The summed E-state index contributed by atoms with van der Waals surface area (Å²) < 4.78 is 0.943. The molecule has 0 atom stereocenters. The fourth-order valence-electron chi connectivity index (χ4n) is 1.88. The van der Waals surface area contributed by atoms with Gasteiger partial charge in [0.25, 0.3) is 5.56 Å². The first-order valence-electron chi connectivity index (χ1n) is 5.78. The standard InChI is InChI=1S/C14H12BrNO3/c1-2-8-7-11(14(18)19)13(17)16-12(8)9-3-5-10(15)6-4-9/h3-7H,2H2,1H3,(H,16,17)(H,18,19). The molecule has 0 bridgehead atoms. The summed E-state index contributed by atoms with van der Waals surface area (Å²) in [6.45, 7) is 1.92. The Kier molecular flexibility index (Phi) is 3.85. The number of hydrogen-bond donors (Lipinski definition) is 2. The maximum Gasteiger partial charge on any atom is 0.341 e. The van der Waals surface area contributed by atoms with Gasteiger partial charge in [-0.1, -0.05) is 35.0 Å². The van der Waals surface area contributed by atoms with Crippen molar-refractivity contribution < 1.29 is 9.90 Å². The van der Waals surface area contributed by atoms with Crippen molar-refractivity contribution in [3.63, 3.8) is 0 Å². The number of hydrogen-bond acceptors (Lipinski definition) is 2. The van der Waals surface area contributed by atoms with E-state index in [0.29, 0.717) is 12.1 Å². The highest BCUT2D eigenvalue weighted by molar-refractivity contribution is 9.10. The van der Waals surface area contributed by atoms with Crippen molar-refractivity contribution in [2.75, 3.05) is 0 Å². The van der Waals surface area contributed by atoms with Gasteiger partial charge in [0.15, 0.2) is 0 Å². The highest BCUT2D eigenvalue weighted by atomic mass is 79.9. The molecular formula is C14H12BrNO3. The van der Waals surface area contributed by atoms with Crippen LogP contribution in [0.5, 0.6) is 0 Å². The predicted octanol–water partition coefficient (Wildman–Crippen LogP) is 3.07. The van der Waals surface area contributed by atoms with Gasteiger partial charge in [-0.2, -0.15) is 0 Å². The van der Waals surface area contributed by atoms with E-state index in [1.807, 2.05) is 31.2 Å². The molecule has 0 aliphatic heterocycles. The van der Waals surface area contributed by atoms with Crippen molar-refractivity contribution >= 4 is 21.9 Å². The molecule has 0 radical (unpaired) electrons. The Labute approximate surface area is 118 Å². The number of halogens is 1. The molecule has 19 heavy (non-hydrogen) atoms. The maximum atomic E-state index is 11.7. The van der Waals surface area contributed by atoms with Gasteiger partial charge >= 0.3 is 5.97 Å². The molecule has 0 fully saturated rings. The third kappa shape index (κ3) is 2.76. The van der Waals surface area contributed by atoms with Gasteiger partial charge in [0.05, 0.1) is 5.69 Å². The average molecular weight is 322 g/mol. The number of H-pyrrole nitrogens is 1. The molecule has 2 aromatic rings. The van der Waals surface area contributed by atoms with E-state index in [4.69, 9.17) is 5.11 Å². The van der Waals surface area contributed by atoms with Crippen LogP contribution in [0.25, 0.3) is 11.3 Å². The Balaban J connectivity index is 2.63. The topological polar surface area (TPSA) is 70.2 Å². The molecule has 2 rings (SSSR count). The zero-order chi connectivity index (χ0) is 14.0. The van der Waals surface area contributed by atoms with Crippen LogP contribution in [0, 0.1) is 0 Å². The molecule has 1 heterocycles. The van der Waals surface area contributed by atoms with Crippen LogP contribution in [-0.4, -0.2) is 16.1 Å². The van der Waals surface area contributed by atoms with Crippen LogP contribution in [0.15, 0.2) is 39.6 Å². The normalized spacial score (nSPS) is 10.4. The average Bonchev–Trinajstić information content (AvgIpc) is 2.39. The second-order valence-electron chi connectivity index (χ2n) is 4.08. The second-order valence-corrected chi connectivity index (χ2v) is 4.99. The lowest BCUT2D eigenvalue weighted by atomic mass is 10.0. The molecule has 4 nitrogen and oxygen atoms in total. The monoisotopic (exact) mass is 321 g/mol. The molecule has 0 amide bonds. The van der Waals surface area contributed by atoms with Gasteiger partial charge in [0, 0.05) is 4.47 Å². The van der Waals surface area contributed by atoms with E-state index < -0.39 is 11.5 Å². The first-order valence-corrected chi connectivity index (χ1v) is 6.57. The largest absolute Gasteiger partial charge is 0.477 e. The number of aromatic amines is 1. The maximum absolute atomic E-state index is 11.7. The number of benzene rings is 1. The summed E-state index contributed by atoms with van der Waals surface area (Å²) in [4.78, 5) is 25.4. The fraction of sp³-hybridized carbons (Fsp3) is 0.143. The molecule has 0 spiro atoms. The second kappa shape index (κ2) is 5.40. The Morgan fingerprint density at radius 3 is 2.47 bits per heavy atom. The molecule has 0 aliphatic carbocycles. The van der Waals surface area contributed by atoms with E-state index in [0.717, 1.165) is 15.6 Å². The number of aromatic nitrogens is 1. The van der Waals surface area contributed by atoms with Gasteiger partial charge in [-0.3, -0.25) is 4.79 Å². The van der Waals surface area contributed by atoms with Gasteiger partial charge in [-0.15, -0.1) is 0 Å². The number of nitrogens with one attached hydrogen (secondary N) is 1. The van der Waals surface area contributed by atoms with Crippen LogP contribution in [0.1, 0.15) is 22.8 Å². The summed E-state index contributed by atoms with van der Waals surface area (Å²) in [5, 5.41) is 8.96. The molecule has 0 aliphatic rings. The third-order valence-electron chi connectivity index (χ3n) is 2.87. The summed E-state index contributed by atoms with van der Waals surface area (Å²) in [6, 6.07) is 8.93. The third-order valence-corrected chi connectivity index (χ3v) is 3.40. The van der Waals surface area contributed by atoms with Crippen molar-refractivity contribution in [1.29, 1.82) is 0 Å². The first-order chi connectivity index (χ1) is 9.02. The van der Waals surface area contributed by atoms with Crippen molar-refractivity contribution in [3.05, 3.63) is 56.3 Å². The lowest BCUT2D eigenvalue weighted by molar-refractivity contribution is 0.0695. The lowest BCUT2D eigenvalue weighted by Crippen LogP contribution is -2.19. The van der Waals surface area contributed by atoms with Gasteiger partial charge in [0.2, 0.25) is 0 Å². The lowest BCUT2D eigenvalue weighted by Gasteiger charge is -2.09. The van der Waals surface area contributed by atoms with Gasteiger partial charge in [-0.05, 0) is 35.7 Å². The van der Waals surface area contributed by atoms with Gasteiger partial charge in [0.1, 0.15) is 5.56 Å². The van der Waals surface area contributed by atoms with Crippen LogP contribution in [-0.2, 0) is 6.42 Å². The van der Waals surface area contributed by atoms with E-state index in [9.17, 15) is 9.59 Å². The molecular weight excluding hydrogens is 310 g/mol. The Hall–Kier alpha value is -1.88. The predicted molar refractivity (Wildman–Crippen MR) is 76.5 cm³/mol. The number of pyridine rings is 1.